The Morgan fingerprint density at radius 2 is 1.76 bits per heavy atom. The maximum atomic E-state index is 10.7. The molecule has 0 radical (unpaired) electrons. The topological polar surface area (TPSA) is 58.6 Å². The van der Waals surface area contributed by atoms with Gasteiger partial charge in [-0.05, 0) is 30.2 Å². The maximum Gasteiger partial charge on any atom is 0.320 e. The van der Waals surface area contributed by atoms with Crippen LogP contribution in [0.2, 0.25) is 0 Å². The number of ether oxygens (including phenoxy) is 1. The Balaban J connectivity index is 1.83. The molecule has 0 saturated heterocycles. The van der Waals surface area contributed by atoms with Crippen LogP contribution in [0.15, 0.2) is 54.6 Å². The van der Waals surface area contributed by atoms with Crippen molar-refractivity contribution >= 4 is 5.97 Å². The van der Waals surface area contributed by atoms with Crippen molar-refractivity contribution in [1.29, 1.82) is 0 Å². The summed E-state index contributed by atoms with van der Waals surface area (Å²) in [4.78, 5) is 10.7. The first-order chi connectivity index (χ1) is 10.1. The summed E-state index contributed by atoms with van der Waals surface area (Å²) >= 11 is 0. The van der Waals surface area contributed by atoms with Gasteiger partial charge in [0.15, 0.2) is 0 Å². The number of aliphatic carboxylic acids is 1. The minimum atomic E-state index is -0.849. The third-order valence-electron chi connectivity index (χ3n) is 3.15. The van der Waals surface area contributed by atoms with Crippen LogP contribution in [-0.4, -0.2) is 17.1 Å². The van der Waals surface area contributed by atoms with Gasteiger partial charge in [-0.3, -0.25) is 4.79 Å². The number of hydrogen-bond donors (Lipinski definition) is 2. The molecule has 2 aromatic carbocycles. The molecular weight excluding hydrogens is 266 g/mol. The normalized spacial score (nSPS) is 11.9. The number of hydrogen-bond acceptors (Lipinski definition) is 3. The molecule has 0 aliphatic rings. The highest BCUT2D eigenvalue weighted by Crippen LogP contribution is 2.14. The van der Waals surface area contributed by atoms with Gasteiger partial charge in [0.05, 0.1) is 0 Å². The minimum Gasteiger partial charge on any atom is -0.489 e. The average Bonchev–Trinajstić information content (AvgIpc) is 2.52. The molecule has 0 aliphatic carbocycles. The molecule has 2 rings (SSSR count). The molecule has 0 bridgehead atoms. The Hall–Kier alpha value is -2.33. The van der Waals surface area contributed by atoms with Crippen LogP contribution in [0.5, 0.6) is 5.75 Å². The van der Waals surface area contributed by atoms with Crippen LogP contribution in [0.3, 0.4) is 0 Å². The van der Waals surface area contributed by atoms with Crippen LogP contribution >= 0.6 is 0 Å². The largest absolute Gasteiger partial charge is 0.489 e. The third-order valence-corrected chi connectivity index (χ3v) is 3.15. The van der Waals surface area contributed by atoms with Crippen molar-refractivity contribution in [2.75, 3.05) is 0 Å². The van der Waals surface area contributed by atoms with Crippen molar-refractivity contribution in [1.82, 2.24) is 5.32 Å². The molecule has 2 aromatic rings. The summed E-state index contributed by atoms with van der Waals surface area (Å²) in [6, 6.07) is 17.1. The third kappa shape index (κ3) is 4.93. The van der Waals surface area contributed by atoms with E-state index in [2.05, 4.69) is 5.32 Å². The van der Waals surface area contributed by atoms with Crippen molar-refractivity contribution in [3.8, 4) is 5.75 Å². The molecule has 1 atom stereocenters. The first kappa shape index (κ1) is 15.1. The predicted octanol–water partition coefficient (Wildman–Crippen LogP) is 2.83. The lowest BCUT2D eigenvalue weighted by molar-refractivity contribution is -0.139. The number of nitrogens with one attached hydrogen (secondary N) is 1. The number of rotatable bonds is 7. The summed E-state index contributed by atoms with van der Waals surface area (Å²) in [6.07, 6.45) is 0. The highest BCUT2D eigenvalue weighted by atomic mass is 16.5. The Morgan fingerprint density at radius 3 is 2.38 bits per heavy atom. The molecule has 2 N–H and O–H groups in total. The van der Waals surface area contributed by atoms with Gasteiger partial charge in [0, 0.05) is 6.54 Å². The van der Waals surface area contributed by atoms with E-state index in [1.165, 1.54) is 0 Å². The smallest absolute Gasteiger partial charge is 0.320 e. The predicted molar refractivity (Wildman–Crippen MR) is 81.2 cm³/mol. The van der Waals surface area contributed by atoms with Crippen molar-refractivity contribution in [3.63, 3.8) is 0 Å². The molecule has 0 spiro atoms. The lowest BCUT2D eigenvalue weighted by Gasteiger charge is -2.10. The molecule has 0 amide bonds. The summed E-state index contributed by atoms with van der Waals surface area (Å²) in [5, 5.41) is 11.7. The molecule has 0 saturated carbocycles. The second-order valence-electron chi connectivity index (χ2n) is 4.86. The Morgan fingerprint density at radius 1 is 1.10 bits per heavy atom. The van der Waals surface area contributed by atoms with E-state index in [1.807, 2.05) is 54.6 Å². The van der Waals surface area contributed by atoms with Crippen molar-refractivity contribution in [2.45, 2.75) is 26.1 Å². The molecule has 0 aromatic heterocycles. The van der Waals surface area contributed by atoms with Crippen LogP contribution in [0, 0.1) is 0 Å². The van der Waals surface area contributed by atoms with Gasteiger partial charge in [0.25, 0.3) is 0 Å². The second kappa shape index (κ2) is 7.45. The summed E-state index contributed by atoms with van der Waals surface area (Å²) in [5.41, 5.74) is 2.15. The zero-order valence-electron chi connectivity index (χ0n) is 12.0. The Bertz CT molecular complexity index is 566. The molecule has 4 nitrogen and oxygen atoms in total. The van der Waals surface area contributed by atoms with Crippen LogP contribution < -0.4 is 10.1 Å². The Kier molecular flexibility index (Phi) is 5.35. The molecule has 0 aliphatic heterocycles. The van der Waals surface area contributed by atoms with Crippen LogP contribution in [0.25, 0.3) is 0 Å². The molecule has 0 fully saturated rings. The van der Waals surface area contributed by atoms with Crippen LogP contribution in [0.4, 0.5) is 0 Å². The zero-order valence-corrected chi connectivity index (χ0v) is 12.0. The van der Waals surface area contributed by atoms with E-state index in [9.17, 15) is 4.79 Å². The van der Waals surface area contributed by atoms with E-state index in [4.69, 9.17) is 9.84 Å². The molecule has 110 valence electrons. The highest BCUT2D eigenvalue weighted by molar-refractivity contribution is 5.72. The first-order valence-electron chi connectivity index (χ1n) is 6.87. The van der Waals surface area contributed by atoms with Gasteiger partial charge in [-0.2, -0.15) is 0 Å². The lowest BCUT2D eigenvalue weighted by atomic mass is 10.2. The fourth-order valence-electron chi connectivity index (χ4n) is 1.80. The van der Waals surface area contributed by atoms with E-state index >= 15 is 0 Å². The van der Waals surface area contributed by atoms with Gasteiger partial charge in [-0.15, -0.1) is 0 Å². The van der Waals surface area contributed by atoms with Gasteiger partial charge < -0.3 is 15.2 Å². The van der Waals surface area contributed by atoms with Gasteiger partial charge in [0.1, 0.15) is 18.4 Å². The monoisotopic (exact) mass is 285 g/mol. The second-order valence-corrected chi connectivity index (χ2v) is 4.86. The van der Waals surface area contributed by atoms with E-state index in [1.54, 1.807) is 6.92 Å². The van der Waals surface area contributed by atoms with E-state index < -0.39 is 12.0 Å². The summed E-state index contributed by atoms with van der Waals surface area (Å²) in [6.45, 7) is 2.68. The quantitative estimate of drug-likeness (QED) is 0.821. The van der Waals surface area contributed by atoms with Crippen molar-refractivity contribution < 1.29 is 14.6 Å². The number of carboxylic acid groups (broad SMARTS) is 1. The number of benzene rings is 2. The van der Waals surface area contributed by atoms with Gasteiger partial charge >= 0.3 is 5.97 Å². The van der Waals surface area contributed by atoms with Gasteiger partial charge in [-0.1, -0.05) is 42.5 Å². The van der Waals surface area contributed by atoms with Crippen LogP contribution in [-0.2, 0) is 17.9 Å². The summed E-state index contributed by atoms with van der Waals surface area (Å²) in [7, 11) is 0. The minimum absolute atomic E-state index is 0.520. The van der Waals surface area contributed by atoms with Gasteiger partial charge in [-0.25, -0.2) is 0 Å². The number of carbonyl (C=O) groups is 1. The van der Waals surface area contributed by atoms with Crippen LogP contribution in [0.1, 0.15) is 18.1 Å². The molecular formula is C17H19NO3. The zero-order chi connectivity index (χ0) is 15.1. The van der Waals surface area contributed by atoms with Crippen molar-refractivity contribution in [3.05, 3.63) is 65.7 Å². The lowest BCUT2D eigenvalue weighted by Crippen LogP contribution is -2.33. The summed E-state index contributed by atoms with van der Waals surface area (Å²) < 4.78 is 5.70. The fraction of sp³-hybridized carbons (Fsp3) is 0.235. The average molecular weight is 285 g/mol. The number of carboxylic acids is 1. The Labute approximate surface area is 124 Å². The standard InChI is InChI=1S/C17H19NO3/c1-13(17(19)20)18-11-14-7-9-16(10-8-14)21-12-15-5-3-2-4-6-15/h2-10,13,18H,11-12H2,1H3,(H,19,20)/t13-/m1/s1. The highest BCUT2D eigenvalue weighted by Gasteiger charge is 2.09. The first-order valence-corrected chi connectivity index (χ1v) is 6.87. The van der Waals surface area contributed by atoms with E-state index in [-0.39, 0.29) is 0 Å². The van der Waals surface area contributed by atoms with Gasteiger partial charge in [0.2, 0.25) is 0 Å². The molecule has 0 unspecified atom stereocenters. The SMILES string of the molecule is C[C@@H](NCc1ccc(OCc2ccccc2)cc1)C(=O)O. The molecule has 0 heterocycles. The van der Waals surface area contributed by atoms with E-state index in [0.29, 0.717) is 13.2 Å². The maximum absolute atomic E-state index is 10.7. The summed E-state index contributed by atoms with van der Waals surface area (Å²) in [5.74, 6) is -0.0494. The van der Waals surface area contributed by atoms with E-state index in [0.717, 1.165) is 16.9 Å². The van der Waals surface area contributed by atoms with Crippen molar-refractivity contribution in [2.24, 2.45) is 0 Å². The fourth-order valence-corrected chi connectivity index (χ4v) is 1.80. The molecule has 4 heteroatoms. The molecule has 21 heavy (non-hydrogen) atoms.